The molecule has 0 radical (unpaired) electrons. The molecule has 0 saturated heterocycles. The van der Waals surface area contributed by atoms with Gasteiger partial charge in [0.1, 0.15) is 11.4 Å². The number of hydrogen-bond acceptors (Lipinski definition) is 2. The van der Waals surface area contributed by atoms with Crippen LogP contribution in [0.3, 0.4) is 0 Å². The largest absolute Gasteiger partial charge is 0.464 e. The number of benzene rings is 3. The summed E-state index contributed by atoms with van der Waals surface area (Å²) in [4.78, 5) is 17.7. The number of carbonyl (C=O) groups excluding carboxylic acids is 1. The Morgan fingerprint density at radius 3 is 2.74 bits per heavy atom. The van der Waals surface area contributed by atoms with E-state index in [4.69, 9.17) is 4.42 Å². The predicted octanol–water partition coefficient (Wildman–Crippen LogP) is 6.27. The van der Waals surface area contributed by atoms with Gasteiger partial charge in [-0.25, -0.2) is 9.18 Å². The number of anilines is 1. The summed E-state index contributed by atoms with van der Waals surface area (Å²) in [5, 5.41) is 4.63. The van der Waals surface area contributed by atoms with Crippen molar-refractivity contribution in [2.75, 3.05) is 5.32 Å². The third-order valence-corrected chi connectivity index (χ3v) is 5.89. The van der Waals surface area contributed by atoms with Crippen molar-refractivity contribution in [2.24, 2.45) is 0 Å². The van der Waals surface area contributed by atoms with Crippen LogP contribution in [0.2, 0.25) is 0 Å². The monoisotopic (exact) mass is 411 g/mol. The zero-order chi connectivity index (χ0) is 20.9. The van der Waals surface area contributed by atoms with E-state index in [-0.39, 0.29) is 11.8 Å². The summed E-state index contributed by atoms with van der Waals surface area (Å²) in [7, 11) is 0. The minimum atomic E-state index is -0.336. The molecule has 6 rings (SSSR count). The van der Waals surface area contributed by atoms with Crippen molar-refractivity contribution >= 4 is 33.6 Å². The number of aromatic amines is 1. The number of H-pyrrole nitrogens is 1. The molecule has 1 aliphatic heterocycles. The summed E-state index contributed by atoms with van der Waals surface area (Å²) in [6.07, 6.45) is 3.38. The molecule has 5 aromatic rings. The minimum Gasteiger partial charge on any atom is -0.464 e. The molecular weight excluding hydrogens is 393 g/mol. The molecule has 0 spiro atoms. The molecule has 0 aliphatic carbocycles. The molecule has 0 fully saturated rings. The van der Waals surface area contributed by atoms with Gasteiger partial charge in [0.15, 0.2) is 0 Å². The van der Waals surface area contributed by atoms with Crippen LogP contribution in [-0.2, 0) is 13.1 Å². The maximum atomic E-state index is 13.6. The van der Waals surface area contributed by atoms with Crippen molar-refractivity contribution < 1.29 is 13.6 Å². The summed E-state index contributed by atoms with van der Waals surface area (Å²) in [5.41, 5.74) is 6.70. The Bertz CT molecular complexity index is 1470. The van der Waals surface area contributed by atoms with Gasteiger partial charge in [0.2, 0.25) is 0 Å². The van der Waals surface area contributed by atoms with Crippen molar-refractivity contribution in [3.8, 4) is 11.1 Å². The normalized spacial score (nSPS) is 13.1. The Labute approximate surface area is 177 Å². The Morgan fingerprint density at radius 2 is 1.81 bits per heavy atom. The molecule has 2 aromatic heterocycles. The quantitative estimate of drug-likeness (QED) is 0.360. The molecule has 0 unspecified atom stereocenters. The van der Waals surface area contributed by atoms with Gasteiger partial charge >= 0.3 is 6.03 Å². The number of nitrogens with one attached hydrogen (secondary N) is 2. The highest BCUT2D eigenvalue weighted by molar-refractivity contribution is 6.01. The highest BCUT2D eigenvalue weighted by Crippen LogP contribution is 2.31. The minimum absolute atomic E-state index is 0.206. The van der Waals surface area contributed by atoms with Gasteiger partial charge in [-0.1, -0.05) is 18.2 Å². The lowest BCUT2D eigenvalue weighted by Crippen LogP contribution is -2.30. The molecule has 31 heavy (non-hydrogen) atoms. The average molecular weight is 411 g/mol. The Kier molecular flexibility index (Phi) is 3.86. The van der Waals surface area contributed by atoms with E-state index in [0.717, 1.165) is 38.7 Å². The first-order valence-electron chi connectivity index (χ1n) is 10.1. The van der Waals surface area contributed by atoms with Crippen LogP contribution >= 0.6 is 0 Å². The SMILES string of the molecule is O=C(Nc1c[nH]c2ccc(F)cc12)N1Cc2ccc(-c3ccc4occc4c3)cc2C1. The molecule has 1 aliphatic rings. The second kappa shape index (κ2) is 6.74. The fraction of sp³-hybridized carbons (Fsp3) is 0.0800. The zero-order valence-electron chi connectivity index (χ0n) is 16.5. The van der Waals surface area contributed by atoms with Crippen LogP contribution in [0.5, 0.6) is 0 Å². The lowest BCUT2D eigenvalue weighted by molar-refractivity contribution is 0.212. The van der Waals surface area contributed by atoms with E-state index >= 15 is 0 Å². The van der Waals surface area contributed by atoms with Crippen LogP contribution < -0.4 is 5.32 Å². The number of rotatable bonds is 2. The third kappa shape index (κ3) is 3.04. The summed E-state index contributed by atoms with van der Waals surface area (Å²) >= 11 is 0. The molecular formula is C25H18FN3O2. The fourth-order valence-electron chi connectivity index (χ4n) is 4.25. The van der Waals surface area contributed by atoms with Crippen LogP contribution in [0, 0.1) is 5.82 Å². The van der Waals surface area contributed by atoms with Crippen LogP contribution in [-0.4, -0.2) is 15.9 Å². The van der Waals surface area contributed by atoms with E-state index in [2.05, 4.69) is 34.6 Å². The van der Waals surface area contributed by atoms with Crippen molar-refractivity contribution in [3.05, 3.63) is 90.1 Å². The summed E-state index contributed by atoms with van der Waals surface area (Å²) in [5.74, 6) is -0.336. The first-order valence-corrected chi connectivity index (χ1v) is 10.1. The highest BCUT2D eigenvalue weighted by Gasteiger charge is 2.24. The standard InChI is InChI=1S/C25H18FN3O2/c26-20-4-5-22-21(11-20)23(12-27-22)28-25(30)29-13-18-2-1-15(10-19(18)14-29)16-3-6-24-17(9-16)7-8-31-24/h1-12,27H,13-14H2,(H,28,30). The molecule has 3 aromatic carbocycles. The number of amides is 2. The van der Waals surface area contributed by atoms with Gasteiger partial charge in [-0.3, -0.25) is 0 Å². The van der Waals surface area contributed by atoms with E-state index in [1.165, 1.54) is 12.1 Å². The molecule has 5 nitrogen and oxygen atoms in total. The van der Waals surface area contributed by atoms with E-state index < -0.39 is 0 Å². The number of nitrogens with zero attached hydrogens (tertiary/aromatic N) is 1. The van der Waals surface area contributed by atoms with E-state index in [1.807, 2.05) is 18.2 Å². The lowest BCUT2D eigenvalue weighted by Gasteiger charge is -2.16. The van der Waals surface area contributed by atoms with Crippen molar-refractivity contribution in [1.29, 1.82) is 0 Å². The van der Waals surface area contributed by atoms with Gasteiger partial charge in [-0.15, -0.1) is 0 Å². The molecule has 6 heteroatoms. The van der Waals surface area contributed by atoms with Gasteiger partial charge in [0, 0.05) is 35.6 Å². The number of fused-ring (bicyclic) bond motifs is 3. The van der Waals surface area contributed by atoms with E-state index in [1.54, 1.807) is 23.4 Å². The van der Waals surface area contributed by atoms with Gasteiger partial charge in [0.05, 0.1) is 12.0 Å². The number of urea groups is 1. The average Bonchev–Trinajstić information content (AvgIpc) is 3.50. The molecule has 2 N–H and O–H groups in total. The Hall–Kier alpha value is -4.06. The molecule has 2 amide bonds. The van der Waals surface area contributed by atoms with Crippen molar-refractivity contribution in [3.63, 3.8) is 0 Å². The second-order valence-electron chi connectivity index (χ2n) is 7.84. The number of furan rings is 1. The van der Waals surface area contributed by atoms with Gasteiger partial charge < -0.3 is 19.6 Å². The van der Waals surface area contributed by atoms with Crippen LogP contribution in [0.1, 0.15) is 11.1 Å². The molecule has 0 bridgehead atoms. The number of hydrogen-bond donors (Lipinski definition) is 2. The van der Waals surface area contributed by atoms with Gasteiger partial charge in [0.25, 0.3) is 0 Å². The molecule has 3 heterocycles. The Morgan fingerprint density at radius 1 is 0.968 bits per heavy atom. The maximum Gasteiger partial charge on any atom is 0.322 e. The van der Waals surface area contributed by atoms with Gasteiger partial charge in [-0.05, 0) is 64.7 Å². The summed E-state index contributed by atoms with van der Waals surface area (Å²) < 4.78 is 19.0. The molecule has 152 valence electrons. The second-order valence-corrected chi connectivity index (χ2v) is 7.84. The van der Waals surface area contributed by atoms with Crippen molar-refractivity contribution in [2.45, 2.75) is 13.1 Å². The highest BCUT2D eigenvalue weighted by atomic mass is 19.1. The summed E-state index contributed by atoms with van der Waals surface area (Å²) in [6, 6.07) is 18.7. The van der Waals surface area contributed by atoms with Crippen LogP contribution in [0.4, 0.5) is 14.9 Å². The van der Waals surface area contributed by atoms with Crippen LogP contribution in [0.25, 0.3) is 33.0 Å². The fourth-order valence-corrected chi connectivity index (χ4v) is 4.25. The zero-order valence-corrected chi connectivity index (χ0v) is 16.5. The third-order valence-electron chi connectivity index (χ3n) is 5.89. The first kappa shape index (κ1) is 17.8. The Balaban J connectivity index is 1.23. The first-order chi connectivity index (χ1) is 15.1. The number of halogens is 1. The topological polar surface area (TPSA) is 61.3 Å². The molecule has 0 atom stereocenters. The number of carbonyl (C=O) groups is 1. The molecule has 0 saturated carbocycles. The predicted molar refractivity (Wildman–Crippen MR) is 118 cm³/mol. The van der Waals surface area contributed by atoms with E-state index in [9.17, 15) is 9.18 Å². The van der Waals surface area contributed by atoms with Crippen LogP contribution in [0.15, 0.2) is 77.5 Å². The lowest BCUT2D eigenvalue weighted by atomic mass is 10.00. The summed E-state index contributed by atoms with van der Waals surface area (Å²) in [6.45, 7) is 1.07. The van der Waals surface area contributed by atoms with Crippen molar-refractivity contribution in [1.82, 2.24) is 9.88 Å². The maximum absolute atomic E-state index is 13.6. The van der Waals surface area contributed by atoms with Gasteiger partial charge in [-0.2, -0.15) is 0 Å². The van der Waals surface area contributed by atoms with E-state index in [0.29, 0.717) is 24.2 Å². The number of aromatic nitrogens is 1. The smallest absolute Gasteiger partial charge is 0.322 e.